The van der Waals surface area contributed by atoms with E-state index in [2.05, 4.69) is 17.1 Å². The molecule has 0 radical (unpaired) electrons. The van der Waals surface area contributed by atoms with Gasteiger partial charge in [-0.2, -0.15) is 0 Å². The van der Waals surface area contributed by atoms with Crippen LogP contribution in [0.25, 0.3) is 0 Å². The molecule has 32 heavy (non-hydrogen) atoms. The van der Waals surface area contributed by atoms with Crippen LogP contribution in [0, 0.1) is 0 Å². The van der Waals surface area contributed by atoms with Gasteiger partial charge in [-0.05, 0) is 55.1 Å². The van der Waals surface area contributed by atoms with E-state index in [0.717, 1.165) is 30.8 Å². The summed E-state index contributed by atoms with van der Waals surface area (Å²) in [5, 5.41) is 5.18. The second-order valence-corrected chi connectivity index (χ2v) is 9.30. The zero-order valence-corrected chi connectivity index (χ0v) is 19.9. The number of hydrogen-bond donors (Lipinski definition) is 1. The summed E-state index contributed by atoms with van der Waals surface area (Å²) < 4.78 is 10.9. The molecule has 1 aromatic carbocycles. The number of carbonyl (C=O) groups is 2. The summed E-state index contributed by atoms with van der Waals surface area (Å²) in [6.07, 6.45) is 2.25. The number of thiophene rings is 1. The third-order valence-electron chi connectivity index (χ3n) is 6.71. The van der Waals surface area contributed by atoms with Crippen LogP contribution in [-0.4, -0.2) is 68.6 Å². The van der Waals surface area contributed by atoms with E-state index in [1.54, 1.807) is 49.6 Å². The van der Waals surface area contributed by atoms with Crippen LogP contribution < -0.4 is 14.8 Å². The summed E-state index contributed by atoms with van der Waals surface area (Å²) >= 11 is 1.56. The molecule has 0 bridgehead atoms. The molecule has 0 saturated carbocycles. The molecule has 2 aliphatic rings. The fourth-order valence-corrected chi connectivity index (χ4v) is 5.92. The number of nitrogens with one attached hydrogen (secondary N) is 1. The van der Waals surface area contributed by atoms with Gasteiger partial charge in [0.1, 0.15) is 0 Å². The maximum atomic E-state index is 13.7. The monoisotopic (exact) mass is 457 g/mol. The predicted molar refractivity (Wildman–Crippen MR) is 125 cm³/mol. The van der Waals surface area contributed by atoms with Crippen LogP contribution >= 0.6 is 11.3 Å². The lowest BCUT2D eigenvalue weighted by Gasteiger charge is -2.39. The number of likely N-dealkylation sites (tertiary alicyclic amines) is 1. The summed E-state index contributed by atoms with van der Waals surface area (Å²) in [6, 6.07) is 7.40. The minimum atomic E-state index is -0.539. The summed E-state index contributed by atoms with van der Waals surface area (Å²) in [7, 11) is 4.87. The maximum Gasteiger partial charge on any atom is 0.254 e. The van der Waals surface area contributed by atoms with E-state index in [9.17, 15) is 9.59 Å². The number of carbonyl (C=O) groups excluding carboxylic acids is 2. The van der Waals surface area contributed by atoms with Crippen LogP contribution in [0.2, 0.25) is 0 Å². The molecule has 172 valence electrons. The topological polar surface area (TPSA) is 71.1 Å². The molecule has 3 unspecified atom stereocenters. The molecule has 2 amide bonds. The molecule has 2 aliphatic heterocycles. The molecule has 2 aromatic rings. The zero-order chi connectivity index (χ0) is 22.8. The van der Waals surface area contributed by atoms with Gasteiger partial charge in [0.25, 0.3) is 5.91 Å². The van der Waals surface area contributed by atoms with Gasteiger partial charge in [-0.3, -0.25) is 14.5 Å². The lowest BCUT2D eigenvalue weighted by molar-refractivity contribution is -0.124. The highest BCUT2D eigenvalue weighted by atomic mass is 32.1. The van der Waals surface area contributed by atoms with Gasteiger partial charge < -0.3 is 19.7 Å². The van der Waals surface area contributed by atoms with Crippen molar-refractivity contribution in [2.75, 3.05) is 40.9 Å². The van der Waals surface area contributed by atoms with Gasteiger partial charge >= 0.3 is 0 Å². The van der Waals surface area contributed by atoms with Crippen molar-refractivity contribution in [3.8, 4) is 11.5 Å². The van der Waals surface area contributed by atoms with Crippen molar-refractivity contribution in [1.82, 2.24) is 15.1 Å². The minimum Gasteiger partial charge on any atom is -0.493 e. The fraction of sp³-hybridized carbons (Fsp3) is 0.500. The van der Waals surface area contributed by atoms with Crippen molar-refractivity contribution >= 4 is 23.2 Å². The molecular weight excluding hydrogens is 426 g/mol. The van der Waals surface area contributed by atoms with E-state index in [1.807, 2.05) is 17.5 Å². The van der Waals surface area contributed by atoms with Gasteiger partial charge in [-0.15, -0.1) is 11.3 Å². The van der Waals surface area contributed by atoms with E-state index in [4.69, 9.17) is 9.47 Å². The van der Waals surface area contributed by atoms with E-state index < -0.39 is 5.92 Å². The van der Waals surface area contributed by atoms with Gasteiger partial charge in [-0.25, -0.2) is 0 Å². The summed E-state index contributed by atoms with van der Waals surface area (Å²) in [5.41, 5.74) is 1.16. The molecule has 3 heterocycles. The Morgan fingerprint density at radius 3 is 2.66 bits per heavy atom. The Labute approximate surface area is 193 Å². The average Bonchev–Trinajstić information content (AvgIpc) is 3.50. The number of rotatable bonds is 7. The molecule has 7 nitrogen and oxygen atoms in total. The minimum absolute atomic E-state index is 0.0702. The Balaban J connectivity index is 1.73. The van der Waals surface area contributed by atoms with Gasteiger partial charge in [0, 0.05) is 30.1 Å². The first-order valence-corrected chi connectivity index (χ1v) is 12.0. The zero-order valence-electron chi connectivity index (χ0n) is 19.1. The Morgan fingerprint density at radius 2 is 2.00 bits per heavy atom. The second-order valence-electron chi connectivity index (χ2n) is 8.32. The largest absolute Gasteiger partial charge is 0.493 e. The summed E-state index contributed by atoms with van der Waals surface area (Å²) in [6.45, 7) is 4.83. The summed E-state index contributed by atoms with van der Waals surface area (Å²) in [5.74, 6) is 0.253. The number of amides is 2. The molecule has 1 fully saturated rings. The lowest BCUT2D eigenvalue weighted by atomic mass is 9.81. The van der Waals surface area contributed by atoms with Crippen LogP contribution in [0.4, 0.5) is 0 Å². The quantitative estimate of drug-likeness (QED) is 0.691. The number of likely N-dealkylation sites (N-methyl/N-ethyl adjacent to an activating group) is 2. The number of benzene rings is 1. The molecule has 0 aliphatic carbocycles. The van der Waals surface area contributed by atoms with Crippen LogP contribution in [0.1, 0.15) is 52.5 Å². The highest BCUT2D eigenvalue weighted by Crippen LogP contribution is 2.46. The van der Waals surface area contributed by atoms with Crippen LogP contribution in [0.5, 0.6) is 11.5 Å². The Kier molecular flexibility index (Phi) is 6.71. The van der Waals surface area contributed by atoms with Crippen LogP contribution in [-0.2, 0) is 4.79 Å². The van der Waals surface area contributed by atoms with Crippen molar-refractivity contribution < 1.29 is 19.1 Å². The highest BCUT2D eigenvalue weighted by molar-refractivity contribution is 7.10. The first kappa shape index (κ1) is 22.6. The van der Waals surface area contributed by atoms with E-state index in [1.165, 1.54) is 0 Å². The van der Waals surface area contributed by atoms with Crippen molar-refractivity contribution in [3.05, 3.63) is 45.6 Å². The van der Waals surface area contributed by atoms with E-state index in [0.29, 0.717) is 35.2 Å². The van der Waals surface area contributed by atoms with Crippen LogP contribution in [0.15, 0.2) is 29.6 Å². The number of hydrogen-bond acceptors (Lipinski definition) is 6. The number of ether oxygens (including phenoxy) is 2. The van der Waals surface area contributed by atoms with Crippen molar-refractivity contribution in [2.24, 2.45) is 0 Å². The molecule has 8 heteroatoms. The molecule has 1 N–H and O–H groups in total. The van der Waals surface area contributed by atoms with Gasteiger partial charge in [0.05, 0.1) is 26.2 Å². The normalized spacial score (nSPS) is 23.2. The van der Waals surface area contributed by atoms with E-state index in [-0.39, 0.29) is 17.9 Å². The average molecular weight is 458 g/mol. The van der Waals surface area contributed by atoms with Crippen LogP contribution in [0.3, 0.4) is 0 Å². The fourth-order valence-electron chi connectivity index (χ4n) is 5.02. The van der Waals surface area contributed by atoms with E-state index >= 15 is 0 Å². The lowest BCUT2D eigenvalue weighted by Crippen LogP contribution is -2.47. The van der Waals surface area contributed by atoms with Crippen molar-refractivity contribution in [3.63, 3.8) is 0 Å². The summed E-state index contributed by atoms with van der Waals surface area (Å²) in [4.78, 5) is 32.1. The third-order valence-corrected chi connectivity index (χ3v) is 7.65. The molecule has 0 spiro atoms. The number of methoxy groups -OCH3 is 2. The highest BCUT2D eigenvalue weighted by Gasteiger charge is 2.44. The van der Waals surface area contributed by atoms with Gasteiger partial charge in [0.15, 0.2) is 11.5 Å². The molecule has 3 atom stereocenters. The number of fused-ring (bicyclic) bond motifs is 1. The first-order valence-electron chi connectivity index (χ1n) is 11.1. The molecule has 4 rings (SSSR count). The Hall–Kier alpha value is -2.58. The maximum absolute atomic E-state index is 13.7. The SMILES string of the molecule is CCN1CCCC1CNC(=O)C1c2cc(OC)c(OC)cc2C(=O)N(C)C1c1cccs1. The second kappa shape index (κ2) is 9.50. The van der Waals surface area contributed by atoms with Crippen molar-refractivity contribution in [1.29, 1.82) is 0 Å². The predicted octanol–water partition coefficient (Wildman–Crippen LogP) is 3.28. The Bertz CT molecular complexity index is 978. The third kappa shape index (κ3) is 3.97. The molecule has 1 aromatic heterocycles. The smallest absolute Gasteiger partial charge is 0.254 e. The van der Waals surface area contributed by atoms with Gasteiger partial charge in [-0.1, -0.05) is 13.0 Å². The standard InChI is InChI=1S/C24H31N3O4S/c1-5-27-10-6-8-15(27)14-25-23(28)21-16-12-18(30-3)19(31-4)13-17(16)24(29)26(2)22(21)20-9-7-11-32-20/h7,9,11-13,15,21-22H,5-6,8,10,14H2,1-4H3,(H,25,28). The van der Waals surface area contributed by atoms with Crippen molar-refractivity contribution in [2.45, 2.75) is 37.8 Å². The first-order chi connectivity index (χ1) is 15.5. The molecular formula is C24H31N3O4S. The number of nitrogens with zero attached hydrogens (tertiary/aromatic N) is 2. The molecule has 1 saturated heterocycles. The van der Waals surface area contributed by atoms with Gasteiger partial charge in [0.2, 0.25) is 5.91 Å². The Morgan fingerprint density at radius 1 is 1.25 bits per heavy atom.